The van der Waals surface area contributed by atoms with Crippen LogP contribution in [-0.4, -0.2) is 53.6 Å². The zero-order chi connectivity index (χ0) is 28.3. The number of rotatable bonds is 7. The van der Waals surface area contributed by atoms with Gasteiger partial charge in [-0.15, -0.1) is 0 Å². The lowest BCUT2D eigenvalue weighted by atomic mass is 9.81. The van der Waals surface area contributed by atoms with E-state index in [1.807, 2.05) is 29.2 Å². The van der Waals surface area contributed by atoms with Gasteiger partial charge in [0.1, 0.15) is 5.60 Å². The van der Waals surface area contributed by atoms with Crippen molar-refractivity contribution in [2.45, 2.75) is 63.4 Å². The van der Waals surface area contributed by atoms with Gasteiger partial charge in [0.15, 0.2) is 0 Å². The smallest absolute Gasteiger partial charge is 0.416 e. The number of likely N-dealkylation sites (tertiary alicyclic amines) is 1. The van der Waals surface area contributed by atoms with Gasteiger partial charge in [0, 0.05) is 57.2 Å². The monoisotopic (exact) mass is 558 g/mol. The number of nitrogens with one attached hydrogen (secondary N) is 1. The molecule has 1 spiro atoms. The van der Waals surface area contributed by atoms with E-state index in [0.29, 0.717) is 50.6 Å². The molecule has 3 fully saturated rings. The van der Waals surface area contributed by atoms with E-state index in [1.54, 1.807) is 0 Å². The van der Waals surface area contributed by atoms with Crippen molar-refractivity contribution < 1.29 is 27.5 Å². The molecule has 10 heteroatoms. The molecule has 2 heterocycles. The molecule has 7 nitrogen and oxygen atoms in total. The zero-order valence-corrected chi connectivity index (χ0v) is 22.6. The number of amides is 2. The van der Waals surface area contributed by atoms with Gasteiger partial charge in [-0.05, 0) is 67.0 Å². The lowest BCUT2D eigenvalue weighted by Gasteiger charge is -2.37. The largest absolute Gasteiger partial charge is 0.441 e. The topological polar surface area (TPSA) is 87.9 Å². The summed E-state index contributed by atoms with van der Waals surface area (Å²) in [7, 11) is 0. The van der Waals surface area contributed by atoms with Crippen molar-refractivity contribution >= 4 is 17.7 Å². The molecule has 0 radical (unpaired) electrons. The maximum Gasteiger partial charge on any atom is 0.416 e. The van der Waals surface area contributed by atoms with E-state index in [0.717, 1.165) is 62.0 Å². The van der Waals surface area contributed by atoms with Crippen LogP contribution in [-0.2, 0) is 28.8 Å². The average Bonchev–Trinajstić information content (AvgIpc) is 3.23. The van der Waals surface area contributed by atoms with Crippen LogP contribution >= 0.6 is 0 Å². The molecular weight excluding hydrogens is 521 g/mol. The van der Waals surface area contributed by atoms with Crippen molar-refractivity contribution in [3.63, 3.8) is 0 Å². The van der Waals surface area contributed by atoms with Crippen LogP contribution in [0.5, 0.6) is 0 Å². The molecule has 2 saturated heterocycles. The second-order valence-electron chi connectivity index (χ2n) is 11.6. The van der Waals surface area contributed by atoms with Gasteiger partial charge >= 0.3 is 12.3 Å². The van der Waals surface area contributed by atoms with Crippen molar-refractivity contribution in [2.75, 3.05) is 31.9 Å². The van der Waals surface area contributed by atoms with Crippen LogP contribution in [0.4, 0.5) is 23.7 Å². The van der Waals surface area contributed by atoms with Crippen molar-refractivity contribution in [2.24, 2.45) is 11.8 Å². The quantitative estimate of drug-likeness (QED) is 0.457. The van der Waals surface area contributed by atoms with Gasteiger partial charge in [0.2, 0.25) is 5.91 Å². The van der Waals surface area contributed by atoms with Crippen molar-refractivity contribution in [3.8, 4) is 0 Å². The lowest BCUT2D eigenvalue weighted by Crippen LogP contribution is -2.46. The third kappa shape index (κ3) is 6.89. The number of nitrogen functional groups attached to an aromatic ring is 1. The second-order valence-corrected chi connectivity index (χ2v) is 11.6. The molecule has 0 bridgehead atoms. The summed E-state index contributed by atoms with van der Waals surface area (Å²) in [5.41, 5.74) is 7.17. The third-order valence-electron chi connectivity index (χ3n) is 8.61. The van der Waals surface area contributed by atoms with Gasteiger partial charge < -0.3 is 20.7 Å². The number of carbonyl (C=O) groups is 2. The van der Waals surface area contributed by atoms with Crippen LogP contribution < -0.4 is 11.1 Å². The Morgan fingerprint density at radius 2 is 1.73 bits per heavy atom. The molecule has 2 amide bonds. The van der Waals surface area contributed by atoms with Crippen LogP contribution in [0.25, 0.3) is 0 Å². The van der Waals surface area contributed by atoms with Crippen molar-refractivity contribution in [3.05, 3.63) is 65.2 Å². The van der Waals surface area contributed by atoms with E-state index in [9.17, 15) is 22.8 Å². The summed E-state index contributed by atoms with van der Waals surface area (Å²) in [6.07, 6.45) is 0.216. The van der Waals surface area contributed by atoms with E-state index >= 15 is 0 Å². The maximum absolute atomic E-state index is 12.8. The minimum absolute atomic E-state index is 0.0109. The van der Waals surface area contributed by atoms with Gasteiger partial charge in [0.05, 0.1) is 12.1 Å². The second kappa shape index (κ2) is 11.7. The molecule has 3 N–H and O–H groups in total. The Morgan fingerprint density at radius 1 is 1.02 bits per heavy atom. The van der Waals surface area contributed by atoms with E-state index in [2.05, 4.69) is 10.2 Å². The number of alkyl halides is 3. The molecule has 1 aliphatic carbocycles. The van der Waals surface area contributed by atoms with Crippen LogP contribution in [0.15, 0.2) is 48.5 Å². The number of nitrogens with two attached hydrogens (primary N) is 1. The number of halogens is 3. The predicted molar refractivity (Wildman–Crippen MR) is 145 cm³/mol. The fourth-order valence-corrected chi connectivity index (χ4v) is 6.23. The van der Waals surface area contributed by atoms with Crippen LogP contribution in [0.2, 0.25) is 0 Å². The molecule has 0 aromatic heterocycles. The molecule has 216 valence electrons. The van der Waals surface area contributed by atoms with Gasteiger partial charge in [-0.2, -0.15) is 13.2 Å². The Morgan fingerprint density at radius 3 is 2.38 bits per heavy atom. The summed E-state index contributed by atoms with van der Waals surface area (Å²) in [6.45, 7) is 3.69. The summed E-state index contributed by atoms with van der Waals surface area (Å²) >= 11 is 0. The molecule has 40 heavy (non-hydrogen) atoms. The molecule has 0 atom stereocenters. The summed E-state index contributed by atoms with van der Waals surface area (Å²) in [6, 6.07) is 12.8. The van der Waals surface area contributed by atoms with Crippen molar-refractivity contribution in [1.82, 2.24) is 15.1 Å². The summed E-state index contributed by atoms with van der Waals surface area (Å²) in [5.74, 6) is 0.409. The van der Waals surface area contributed by atoms with Gasteiger partial charge in [-0.3, -0.25) is 9.69 Å². The predicted octanol–water partition coefficient (Wildman–Crippen LogP) is 5.20. The summed E-state index contributed by atoms with van der Waals surface area (Å²) in [4.78, 5) is 29.5. The number of carbonyl (C=O) groups excluding carboxylic acids is 2. The molecule has 5 rings (SSSR count). The highest BCUT2D eigenvalue weighted by Crippen LogP contribution is 2.36. The number of anilines is 1. The summed E-state index contributed by atoms with van der Waals surface area (Å²) < 4.78 is 44.4. The Kier molecular flexibility index (Phi) is 8.26. The molecule has 2 aliphatic heterocycles. The Hall–Kier alpha value is -3.27. The highest BCUT2D eigenvalue weighted by molar-refractivity contribution is 5.78. The molecule has 0 unspecified atom stereocenters. The fourth-order valence-electron chi connectivity index (χ4n) is 6.23. The van der Waals surface area contributed by atoms with Crippen LogP contribution in [0, 0.1) is 11.8 Å². The Bertz CT molecular complexity index is 1190. The number of nitrogens with zero attached hydrogens (tertiary/aromatic N) is 2. The first-order chi connectivity index (χ1) is 19.1. The standard InChI is InChI=1S/C30H37F3N4O3/c31-30(32,33)25-10-6-21(7-11-25)18-36-14-12-29(13-15-36)20-37(28(39)40-29)19-22-4-8-24(9-5-22)27(38)35-17-23-2-1-3-26(34)16-23/h1-3,6-7,10-11,16,22,24H,4-5,8-9,12-15,17-20,34H2,(H,35,38)/t22-,24-. The first-order valence-corrected chi connectivity index (χ1v) is 14.1. The zero-order valence-electron chi connectivity index (χ0n) is 22.6. The number of piperidine rings is 1. The molecule has 1 saturated carbocycles. The number of benzene rings is 2. The number of ether oxygens (including phenoxy) is 1. The highest BCUT2D eigenvalue weighted by atomic mass is 19.4. The van der Waals surface area contributed by atoms with E-state index in [-0.39, 0.29) is 17.9 Å². The SMILES string of the molecule is Nc1cccc(CNC(=O)[C@H]2CC[C@H](CN3CC4(CCN(Cc5ccc(C(F)(F)F)cc5)CC4)OC3=O)CC2)c1. The number of hydrogen-bond acceptors (Lipinski definition) is 5. The Balaban J connectivity index is 1.04. The first kappa shape index (κ1) is 28.3. The maximum atomic E-state index is 12.8. The molecule has 2 aromatic carbocycles. The van der Waals surface area contributed by atoms with Gasteiger partial charge in [-0.1, -0.05) is 24.3 Å². The van der Waals surface area contributed by atoms with Gasteiger partial charge in [-0.25, -0.2) is 4.79 Å². The average molecular weight is 559 g/mol. The minimum atomic E-state index is -4.33. The lowest BCUT2D eigenvalue weighted by molar-refractivity contribution is -0.137. The van der Waals surface area contributed by atoms with Crippen LogP contribution in [0.1, 0.15) is 55.2 Å². The Labute approximate surface area is 232 Å². The van der Waals surface area contributed by atoms with Gasteiger partial charge in [0.25, 0.3) is 0 Å². The summed E-state index contributed by atoms with van der Waals surface area (Å²) in [5, 5.41) is 3.03. The first-order valence-electron chi connectivity index (χ1n) is 14.1. The van der Waals surface area contributed by atoms with E-state index in [4.69, 9.17) is 10.5 Å². The van der Waals surface area contributed by atoms with Crippen LogP contribution in [0.3, 0.4) is 0 Å². The fraction of sp³-hybridized carbons (Fsp3) is 0.533. The molecule has 3 aliphatic rings. The molecule has 2 aromatic rings. The molecular formula is C30H37F3N4O3. The van der Waals surface area contributed by atoms with E-state index < -0.39 is 17.3 Å². The van der Waals surface area contributed by atoms with Crippen molar-refractivity contribution in [1.29, 1.82) is 0 Å². The highest BCUT2D eigenvalue weighted by Gasteiger charge is 2.47. The minimum Gasteiger partial charge on any atom is -0.441 e. The third-order valence-corrected chi connectivity index (χ3v) is 8.61. The normalized spacial score (nSPS) is 23.3. The van der Waals surface area contributed by atoms with E-state index in [1.165, 1.54) is 12.1 Å². The number of hydrogen-bond donors (Lipinski definition) is 2.